The minimum absolute atomic E-state index is 0.313. The number of piperidine rings is 1. The highest BCUT2D eigenvalue weighted by molar-refractivity contribution is 5.94. The van der Waals surface area contributed by atoms with E-state index in [9.17, 15) is 15.0 Å². The maximum Gasteiger partial charge on any atom is 0.337 e. The van der Waals surface area contributed by atoms with Crippen molar-refractivity contribution in [2.45, 2.75) is 18.4 Å². The largest absolute Gasteiger partial charge is 0.478 e. The Balaban J connectivity index is 1.79. The smallest absolute Gasteiger partial charge is 0.337 e. The second-order valence-corrected chi connectivity index (χ2v) is 5.71. The molecule has 0 saturated carbocycles. The van der Waals surface area contributed by atoms with E-state index in [1.165, 1.54) is 0 Å². The summed E-state index contributed by atoms with van der Waals surface area (Å²) in [5, 5.41) is 20.1. The van der Waals surface area contributed by atoms with E-state index in [2.05, 4.69) is 0 Å². The zero-order valence-electron chi connectivity index (χ0n) is 12.3. The molecule has 4 heteroatoms. The summed E-state index contributed by atoms with van der Waals surface area (Å²) < 4.78 is 0. The van der Waals surface area contributed by atoms with Crippen molar-refractivity contribution in [1.82, 2.24) is 0 Å². The molecule has 0 atom stereocenters. The zero-order valence-corrected chi connectivity index (χ0v) is 12.3. The molecule has 3 rings (SSSR count). The van der Waals surface area contributed by atoms with Crippen molar-refractivity contribution in [3.8, 4) is 0 Å². The van der Waals surface area contributed by atoms with Gasteiger partial charge >= 0.3 is 5.97 Å². The van der Waals surface area contributed by atoms with E-state index in [0.29, 0.717) is 31.5 Å². The topological polar surface area (TPSA) is 60.8 Å². The van der Waals surface area contributed by atoms with Crippen LogP contribution >= 0.6 is 0 Å². The van der Waals surface area contributed by atoms with Crippen LogP contribution in [-0.4, -0.2) is 29.3 Å². The van der Waals surface area contributed by atoms with E-state index in [4.69, 9.17) is 0 Å². The van der Waals surface area contributed by atoms with Crippen LogP contribution in [0.2, 0.25) is 0 Å². The molecule has 1 saturated heterocycles. The molecule has 0 amide bonds. The number of aromatic carboxylic acids is 1. The van der Waals surface area contributed by atoms with E-state index < -0.39 is 11.6 Å². The molecule has 2 aromatic carbocycles. The number of para-hydroxylation sites is 1. The van der Waals surface area contributed by atoms with Gasteiger partial charge in [-0.2, -0.15) is 0 Å². The molecule has 1 aliphatic rings. The lowest BCUT2D eigenvalue weighted by Crippen LogP contribution is -2.43. The van der Waals surface area contributed by atoms with Crippen molar-refractivity contribution in [3.05, 3.63) is 65.7 Å². The monoisotopic (exact) mass is 297 g/mol. The fourth-order valence-corrected chi connectivity index (χ4v) is 3.08. The minimum Gasteiger partial charge on any atom is -0.478 e. The summed E-state index contributed by atoms with van der Waals surface area (Å²) in [5.41, 5.74) is 1.15. The van der Waals surface area contributed by atoms with Gasteiger partial charge in [0, 0.05) is 13.1 Å². The van der Waals surface area contributed by atoms with Gasteiger partial charge in [0.05, 0.1) is 16.9 Å². The molecule has 0 radical (unpaired) electrons. The van der Waals surface area contributed by atoms with Crippen LogP contribution < -0.4 is 4.90 Å². The Morgan fingerprint density at radius 2 is 1.55 bits per heavy atom. The first-order valence-corrected chi connectivity index (χ1v) is 7.45. The van der Waals surface area contributed by atoms with E-state index in [1.807, 2.05) is 47.4 Å². The van der Waals surface area contributed by atoms with Crippen LogP contribution in [0.1, 0.15) is 28.8 Å². The molecule has 22 heavy (non-hydrogen) atoms. The Labute approximate surface area is 129 Å². The van der Waals surface area contributed by atoms with Gasteiger partial charge in [0.2, 0.25) is 0 Å². The third-order valence-corrected chi connectivity index (χ3v) is 4.38. The van der Waals surface area contributed by atoms with Crippen LogP contribution in [0, 0.1) is 0 Å². The molecule has 0 aromatic heterocycles. The highest BCUT2D eigenvalue weighted by atomic mass is 16.4. The standard InChI is InChI=1S/C18H19NO3/c20-17(21)15-8-4-5-9-16(15)19-12-10-18(22,11-13-19)14-6-2-1-3-7-14/h1-9,22H,10-13H2,(H,20,21). The quantitative estimate of drug-likeness (QED) is 0.914. The van der Waals surface area contributed by atoms with Gasteiger partial charge in [0.15, 0.2) is 0 Å². The Morgan fingerprint density at radius 3 is 2.18 bits per heavy atom. The fraction of sp³-hybridized carbons (Fsp3) is 0.278. The van der Waals surface area contributed by atoms with Crippen molar-refractivity contribution in [3.63, 3.8) is 0 Å². The summed E-state index contributed by atoms with van der Waals surface area (Å²) in [7, 11) is 0. The summed E-state index contributed by atoms with van der Waals surface area (Å²) in [6.07, 6.45) is 1.18. The number of rotatable bonds is 3. The lowest BCUT2D eigenvalue weighted by Gasteiger charge is -2.40. The zero-order chi connectivity index (χ0) is 15.6. The Kier molecular flexibility index (Phi) is 3.86. The molecule has 0 spiro atoms. The molecule has 2 N–H and O–H groups in total. The summed E-state index contributed by atoms with van der Waals surface area (Å²) in [4.78, 5) is 13.4. The van der Waals surface area contributed by atoms with Crippen molar-refractivity contribution in [2.24, 2.45) is 0 Å². The second-order valence-electron chi connectivity index (χ2n) is 5.71. The molecule has 1 heterocycles. The highest BCUT2D eigenvalue weighted by Crippen LogP contribution is 2.35. The molecule has 1 aliphatic heterocycles. The van der Waals surface area contributed by atoms with Crippen LogP contribution in [0.4, 0.5) is 5.69 Å². The van der Waals surface area contributed by atoms with Gasteiger partial charge in [-0.3, -0.25) is 0 Å². The van der Waals surface area contributed by atoms with Crippen LogP contribution in [-0.2, 0) is 5.60 Å². The van der Waals surface area contributed by atoms with Crippen molar-refractivity contribution < 1.29 is 15.0 Å². The third kappa shape index (κ3) is 2.70. The summed E-state index contributed by atoms with van der Waals surface area (Å²) in [6.45, 7) is 1.27. The lowest BCUT2D eigenvalue weighted by molar-refractivity contribution is 0.0117. The molecular formula is C18H19NO3. The molecule has 2 aromatic rings. The number of carboxylic acid groups (broad SMARTS) is 1. The van der Waals surface area contributed by atoms with Crippen molar-refractivity contribution >= 4 is 11.7 Å². The van der Waals surface area contributed by atoms with Crippen LogP contribution in [0.25, 0.3) is 0 Å². The molecule has 114 valence electrons. The summed E-state index contributed by atoms with van der Waals surface area (Å²) in [5.74, 6) is -0.917. The number of nitrogens with zero attached hydrogens (tertiary/aromatic N) is 1. The van der Waals surface area contributed by atoms with Gasteiger partial charge in [-0.25, -0.2) is 4.79 Å². The average molecular weight is 297 g/mol. The maximum atomic E-state index is 11.3. The van der Waals surface area contributed by atoms with Gasteiger partial charge in [-0.05, 0) is 30.5 Å². The predicted molar refractivity (Wildman–Crippen MR) is 85.2 cm³/mol. The van der Waals surface area contributed by atoms with Crippen LogP contribution in [0.3, 0.4) is 0 Å². The number of anilines is 1. The third-order valence-electron chi connectivity index (χ3n) is 4.38. The number of benzene rings is 2. The van der Waals surface area contributed by atoms with E-state index >= 15 is 0 Å². The molecule has 4 nitrogen and oxygen atoms in total. The van der Waals surface area contributed by atoms with Crippen molar-refractivity contribution in [2.75, 3.05) is 18.0 Å². The van der Waals surface area contributed by atoms with E-state index in [-0.39, 0.29) is 0 Å². The Hall–Kier alpha value is -2.33. The van der Waals surface area contributed by atoms with Crippen LogP contribution in [0.15, 0.2) is 54.6 Å². The molecule has 1 fully saturated rings. The van der Waals surface area contributed by atoms with Gasteiger partial charge in [-0.1, -0.05) is 42.5 Å². The molecular weight excluding hydrogens is 278 g/mol. The van der Waals surface area contributed by atoms with Gasteiger partial charge in [-0.15, -0.1) is 0 Å². The van der Waals surface area contributed by atoms with E-state index in [1.54, 1.807) is 12.1 Å². The highest BCUT2D eigenvalue weighted by Gasteiger charge is 2.34. The average Bonchev–Trinajstić information content (AvgIpc) is 2.56. The van der Waals surface area contributed by atoms with E-state index in [0.717, 1.165) is 11.3 Å². The number of hydrogen-bond acceptors (Lipinski definition) is 3. The minimum atomic E-state index is -0.917. The molecule has 0 aliphatic carbocycles. The summed E-state index contributed by atoms with van der Waals surface area (Å²) in [6, 6.07) is 16.7. The van der Waals surface area contributed by atoms with Gasteiger partial charge in [0.1, 0.15) is 0 Å². The predicted octanol–water partition coefficient (Wildman–Crippen LogP) is 2.87. The Bertz CT molecular complexity index is 661. The lowest BCUT2D eigenvalue weighted by atomic mass is 9.84. The number of carboxylic acids is 1. The molecule has 0 bridgehead atoms. The normalized spacial score (nSPS) is 17.2. The fourth-order valence-electron chi connectivity index (χ4n) is 3.08. The van der Waals surface area contributed by atoms with Gasteiger partial charge < -0.3 is 15.1 Å². The SMILES string of the molecule is O=C(O)c1ccccc1N1CCC(O)(c2ccccc2)CC1. The first-order chi connectivity index (χ1) is 10.6. The number of carbonyl (C=O) groups is 1. The van der Waals surface area contributed by atoms with Crippen molar-refractivity contribution in [1.29, 1.82) is 0 Å². The Morgan fingerprint density at radius 1 is 0.955 bits per heavy atom. The number of hydrogen-bond donors (Lipinski definition) is 2. The van der Waals surface area contributed by atoms with Gasteiger partial charge in [0.25, 0.3) is 0 Å². The first-order valence-electron chi connectivity index (χ1n) is 7.45. The molecule has 0 unspecified atom stereocenters. The second kappa shape index (κ2) is 5.81. The summed E-state index contributed by atoms with van der Waals surface area (Å²) >= 11 is 0. The number of aliphatic hydroxyl groups is 1. The first kappa shape index (κ1) is 14.6. The van der Waals surface area contributed by atoms with Crippen LogP contribution in [0.5, 0.6) is 0 Å². The maximum absolute atomic E-state index is 11.3.